The zero-order valence-corrected chi connectivity index (χ0v) is 10.8. The highest BCUT2D eigenvalue weighted by Gasteiger charge is 2.34. The summed E-state index contributed by atoms with van der Waals surface area (Å²) in [6, 6.07) is 12.5. The number of nitrogens with one attached hydrogen (secondary N) is 1. The molecule has 0 fully saturated rings. The molecule has 1 aliphatic heterocycles. The average molecular weight is 281 g/mol. The molecule has 1 heterocycles. The maximum absolute atomic E-state index is 12.0. The Hall–Kier alpha value is -3.08. The minimum absolute atomic E-state index is 0.0552. The molecular formula is C16H11NO4. The summed E-state index contributed by atoms with van der Waals surface area (Å²) in [6.07, 6.45) is 0. The first kappa shape index (κ1) is 12.9. The molecule has 0 unspecified atom stereocenters. The highest BCUT2D eigenvalue weighted by Crippen LogP contribution is 2.37. The second-order valence-corrected chi connectivity index (χ2v) is 4.57. The van der Waals surface area contributed by atoms with E-state index in [2.05, 4.69) is 5.32 Å². The van der Waals surface area contributed by atoms with Crippen LogP contribution in [-0.2, 0) is 9.59 Å². The monoisotopic (exact) mass is 281 g/mol. The van der Waals surface area contributed by atoms with E-state index in [1.165, 1.54) is 12.1 Å². The minimum atomic E-state index is -0.597. The Bertz CT molecular complexity index is 727. The lowest BCUT2D eigenvalue weighted by molar-refractivity contribution is -0.122. The molecule has 0 radical (unpaired) electrons. The van der Waals surface area contributed by atoms with E-state index in [-0.39, 0.29) is 33.8 Å². The van der Waals surface area contributed by atoms with Crippen LogP contribution in [-0.4, -0.2) is 22.0 Å². The number of imide groups is 1. The maximum Gasteiger partial charge on any atom is 0.259 e. The summed E-state index contributed by atoms with van der Waals surface area (Å²) in [6.45, 7) is 0. The van der Waals surface area contributed by atoms with Crippen molar-refractivity contribution in [3.8, 4) is 11.5 Å². The molecule has 0 aromatic heterocycles. The summed E-state index contributed by atoms with van der Waals surface area (Å²) in [5, 5.41) is 22.0. The summed E-state index contributed by atoms with van der Waals surface area (Å²) in [5.41, 5.74) is 0.609. The Morgan fingerprint density at radius 3 is 1.43 bits per heavy atom. The van der Waals surface area contributed by atoms with E-state index in [1.54, 1.807) is 36.4 Å². The fourth-order valence-corrected chi connectivity index (χ4v) is 2.34. The van der Waals surface area contributed by atoms with Gasteiger partial charge in [0.1, 0.15) is 11.5 Å². The molecule has 2 aromatic carbocycles. The van der Waals surface area contributed by atoms with Gasteiger partial charge in [-0.25, -0.2) is 0 Å². The zero-order chi connectivity index (χ0) is 15.0. The van der Waals surface area contributed by atoms with Crippen LogP contribution in [0.3, 0.4) is 0 Å². The number of amides is 2. The van der Waals surface area contributed by atoms with Crippen molar-refractivity contribution >= 4 is 23.0 Å². The number of phenols is 2. The topological polar surface area (TPSA) is 86.6 Å². The Morgan fingerprint density at radius 1 is 0.667 bits per heavy atom. The third-order valence-electron chi connectivity index (χ3n) is 3.28. The summed E-state index contributed by atoms with van der Waals surface area (Å²) in [4.78, 5) is 24.1. The van der Waals surface area contributed by atoms with Crippen LogP contribution in [0.25, 0.3) is 11.1 Å². The second kappa shape index (κ2) is 4.79. The van der Waals surface area contributed by atoms with Crippen LogP contribution < -0.4 is 5.32 Å². The maximum atomic E-state index is 12.0. The number of carbonyl (C=O) groups excluding carboxylic acids is 2. The molecule has 0 atom stereocenters. The molecule has 3 rings (SSSR count). The van der Waals surface area contributed by atoms with Gasteiger partial charge >= 0.3 is 0 Å². The molecule has 0 bridgehead atoms. The van der Waals surface area contributed by atoms with Crippen molar-refractivity contribution in [2.24, 2.45) is 0 Å². The van der Waals surface area contributed by atoms with Crippen LogP contribution >= 0.6 is 0 Å². The molecule has 1 aliphatic rings. The van der Waals surface area contributed by atoms with E-state index in [0.29, 0.717) is 0 Å². The van der Waals surface area contributed by atoms with Crippen LogP contribution in [0.5, 0.6) is 11.5 Å². The number of carbonyl (C=O) groups is 2. The van der Waals surface area contributed by atoms with Crippen molar-refractivity contribution in [1.82, 2.24) is 5.32 Å². The molecule has 2 aromatic rings. The predicted octanol–water partition coefficient (Wildman–Crippen LogP) is 1.66. The highest BCUT2D eigenvalue weighted by atomic mass is 16.3. The number of phenolic OH excluding ortho intramolecular Hbond substituents is 2. The van der Waals surface area contributed by atoms with Gasteiger partial charge in [-0.15, -0.1) is 0 Å². The molecule has 2 amide bonds. The predicted molar refractivity (Wildman–Crippen MR) is 76.2 cm³/mol. The third kappa shape index (κ3) is 2.04. The second-order valence-electron chi connectivity index (χ2n) is 4.57. The minimum Gasteiger partial charge on any atom is -0.507 e. The third-order valence-corrected chi connectivity index (χ3v) is 3.28. The van der Waals surface area contributed by atoms with Gasteiger partial charge in [-0.05, 0) is 12.1 Å². The van der Waals surface area contributed by atoms with Gasteiger partial charge in [0.25, 0.3) is 11.8 Å². The normalized spacial score (nSPS) is 14.5. The van der Waals surface area contributed by atoms with Gasteiger partial charge in [0.2, 0.25) is 0 Å². The van der Waals surface area contributed by atoms with E-state index in [4.69, 9.17) is 0 Å². The summed E-state index contributed by atoms with van der Waals surface area (Å²) in [7, 11) is 0. The number of hydrogen-bond donors (Lipinski definition) is 3. The lowest BCUT2D eigenvalue weighted by atomic mass is 9.95. The Labute approximate surface area is 120 Å². The lowest BCUT2D eigenvalue weighted by Crippen LogP contribution is -2.22. The molecule has 5 heteroatoms. The molecule has 0 aliphatic carbocycles. The first-order valence-electron chi connectivity index (χ1n) is 6.26. The molecule has 0 saturated carbocycles. The van der Waals surface area contributed by atoms with Gasteiger partial charge < -0.3 is 10.2 Å². The van der Waals surface area contributed by atoms with E-state index in [0.717, 1.165) is 0 Å². The van der Waals surface area contributed by atoms with Gasteiger partial charge in [-0.1, -0.05) is 36.4 Å². The molecular weight excluding hydrogens is 270 g/mol. The zero-order valence-electron chi connectivity index (χ0n) is 10.8. The first-order chi connectivity index (χ1) is 10.1. The summed E-state index contributed by atoms with van der Waals surface area (Å²) in [5.74, 6) is -1.41. The van der Waals surface area contributed by atoms with Gasteiger partial charge in [0, 0.05) is 11.1 Å². The number of para-hydroxylation sites is 2. The standard InChI is InChI=1S/C16H11NO4/c18-11-7-3-1-5-9(11)13-14(16(21)17-15(13)20)10-6-2-4-8-12(10)19/h1-8,18-19H,(H,17,20,21). The number of benzene rings is 2. The Kier molecular flexibility index (Phi) is 2.95. The van der Waals surface area contributed by atoms with Crippen LogP contribution in [0, 0.1) is 0 Å². The molecule has 0 spiro atoms. The summed E-state index contributed by atoms with van der Waals surface area (Å²) < 4.78 is 0. The lowest BCUT2D eigenvalue weighted by Gasteiger charge is -2.07. The summed E-state index contributed by atoms with van der Waals surface area (Å²) >= 11 is 0. The first-order valence-corrected chi connectivity index (χ1v) is 6.26. The number of hydrogen-bond acceptors (Lipinski definition) is 4. The van der Waals surface area contributed by atoms with Crippen molar-refractivity contribution in [3.63, 3.8) is 0 Å². The fraction of sp³-hybridized carbons (Fsp3) is 0. The van der Waals surface area contributed by atoms with Crippen LogP contribution in [0.4, 0.5) is 0 Å². The van der Waals surface area contributed by atoms with Gasteiger partial charge in [-0.2, -0.15) is 0 Å². The number of rotatable bonds is 2. The van der Waals surface area contributed by atoms with Crippen molar-refractivity contribution < 1.29 is 19.8 Å². The SMILES string of the molecule is O=C1NC(=O)C(c2ccccc2O)=C1c1ccccc1O. The molecule has 3 N–H and O–H groups in total. The Balaban J connectivity index is 2.32. The number of aromatic hydroxyl groups is 2. The van der Waals surface area contributed by atoms with Crippen LogP contribution in [0.15, 0.2) is 48.5 Å². The van der Waals surface area contributed by atoms with Gasteiger partial charge in [0.05, 0.1) is 11.1 Å². The molecule has 21 heavy (non-hydrogen) atoms. The van der Waals surface area contributed by atoms with Crippen LogP contribution in [0.1, 0.15) is 11.1 Å². The molecule has 104 valence electrons. The van der Waals surface area contributed by atoms with E-state index in [9.17, 15) is 19.8 Å². The largest absolute Gasteiger partial charge is 0.507 e. The molecule has 5 nitrogen and oxygen atoms in total. The van der Waals surface area contributed by atoms with Crippen molar-refractivity contribution in [2.45, 2.75) is 0 Å². The smallest absolute Gasteiger partial charge is 0.259 e. The molecule has 0 saturated heterocycles. The van der Waals surface area contributed by atoms with Crippen molar-refractivity contribution in [2.75, 3.05) is 0 Å². The quantitative estimate of drug-likeness (QED) is 0.731. The van der Waals surface area contributed by atoms with E-state index in [1.807, 2.05) is 0 Å². The van der Waals surface area contributed by atoms with Crippen molar-refractivity contribution in [1.29, 1.82) is 0 Å². The average Bonchev–Trinajstić information content (AvgIpc) is 2.75. The Morgan fingerprint density at radius 2 is 1.05 bits per heavy atom. The fourth-order valence-electron chi connectivity index (χ4n) is 2.34. The van der Waals surface area contributed by atoms with E-state index < -0.39 is 11.8 Å². The van der Waals surface area contributed by atoms with Gasteiger partial charge in [-0.3, -0.25) is 14.9 Å². The van der Waals surface area contributed by atoms with E-state index >= 15 is 0 Å². The van der Waals surface area contributed by atoms with Gasteiger partial charge in [0.15, 0.2) is 0 Å². The van der Waals surface area contributed by atoms with Crippen LogP contribution in [0.2, 0.25) is 0 Å². The van der Waals surface area contributed by atoms with Crippen molar-refractivity contribution in [3.05, 3.63) is 59.7 Å². The highest BCUT2D eigenvalue weighted by molar-refractivity contribution is 6.49.